The Morgan fingerprint density at radius 3 is 2.12 bits per heavy atom. The summed E-state index contributed by atoms with van der Waals surface area (Å²) in [5.41, 5.74) is 0.997. The Balaban J connectivity index is 2.00. The second kappa shape index (κ2) is 7.31. The third kappa shape index (κ3) is 4.12. The van der Waals surface area contributed by atoms with E-state index in [1.165, 1.54) is 11.2 Å². The maximum absolute atomic E-state index is 12.6. The summed E-state index contributed by atoms with van der Waals surface area (Å²) in [6.07, 6.45) is 0. The summed E-state index contributed by atoms with van der Waals surface area (Å²) in [4.78, 5) is 25.1. The van der Waals surface area contributed by atoms with Gasteiger partial charge in [0.05, 0.1) is 4.90 Å². The number of carbonyl (C=O) groups excluding carboxylic acids is 2. The van der Waals surface area contributed by atoms with Gasteiger partial charge < -0.3 is 10.2 Å². The van der Waals surface area contributed by atoms with Crippen LogP contribution in [0, 0.1) is 6.92 Å². The highest BCUT2D eigenvalue weighted by Crippen LogP contribution is 2.18. The normalized spacial score (nSPS) is 17.4. The molecular weight excluding hydrogens is 330 g/mol. The van der Waals surface area contributed by atoms with Crippen molar-refractivity contribution in [1.82, 2.24) is 14.5 Å². The molecule has 1 aromatic carbocycles. The Morgan fingerprint density at radius 1 is 1.08 bits per heavy atom. The average molecular weight is 353 g/mol. The number of nitrogens with zero attached hydrogens (tertiary/aromatic N) is 2. The second-order valence-corrected chi connectivity index (χ2v) is 7.90. The number of nitrogens with one attached hydrogen (secondary N) is 1. The number of piperazine rings is 1. The van der Waals surface area contributed by atoms with Crippen LogP contribution in [0.1, 0.15) is 19.4 Å². The van der Waals surface area contributed by atoms with E-state index in [2.05, 4.69) is 5.32 Å². The first-order valence-corrected chi connectivity index (χ1v) is 9.28. The van der Waals surface area contributed by atoms with Gasteiger partial charge in [-0.15, -0.1) is 0 Å². The van der Waals surface area contributed by atoms with Crippen molar-refractivity contribution >= 4 is 21.8 Å². The van der Waals surface area contributed by atoms with Gasteiger partial charge in [0.1, 0.15) is 6.04 Å². The summed E-state index contributed by atoms with van der Waals surface area (Å²) < 4.78 is 26.6. The summed E-state index contributed by atoms with van der Waals surface area (Å²) in [5.74, 6) is -0.464. The lowest BCUT2D eigenvalue weighted by Crippen LogP contribution is -2.54. The molecule has 2 rings (SSSR count). The average Bonchev–Trinajstić information content (AvgIpc) is 2.54. The van der Waals surface area contributed by atoms with Crippen LogP contribution in [0.25, 0.3) is 0 Å². The fourth-order valence-corrected chi connectivity index (χ4v) is 4.07. The Morgan fingerprint density at radius 2 is 1.62 bits per heavy atom. The molecule has 1 atom stereocenters. The van der Waals surface area contributed by atoms with Crippen LogP contribution in [0.4, 0.5) is 0 Å². The van der Waals surface area contributed by atoms with Crippen LogP contribution in [0.3, 0.4) is 0 Å². The Hall–Kier alpha value is -1.93. The third-order valence-corrected chi connectivity index (χ3v) is 5.91. The minimum Gasteiger partial charge on any atom is -0.345 e. The molecule has 2 amide bonds. The Bertz CT molecular complexity index is 707. The van der Waals surface area contributed by atoms with Crippen molar-refractivity contribution < 1.29 is 18.0 Å². The van der Waals surface area contributed by atoms with E-state index in [9.17, 15) is 18.0 Å². The molecule has 7 nitrogen and oxygen atoms in total. The lowest BCUT2D eigenvalue weighted by atomic mass is 10.2. The topological polar surface area (TPSA) is 86.8 Å². The maximum atomic E-state index is 12.6. The SMILES string of the molecule is CC(=O)NC(C)C(=O)N1CCN(S(=O)(=O)c2ccc(C)cc2)CC1. The number of rotatable bonds is 4. The van der Waals surface area contributed by atoms with Crippen LogP contribution in [0.5, 0.6) is 0 Å². The number of hydrogen-bond acceptors (Lipinski definition) is 4. The molecule has 1 N–H and O–H groups in total. The number of benzene rings is 1. The molecule has 0 radical (unpaired) electrons. The maximum Gasteiger partial charge on any atom is 0.244 e. The lowest BCUT2D eigenvalue weighted by molar-refractivity contribution is -0.136. The standard InChI is InChI=1S/C16H23N3O4S/c1-12-4-6-15(7-5-12)24(22,23)19-10-8-18(9-11-19)16(21)13(2)17-14(3)20/h4-7,13H,8-11H2,1-3H3,(H,17,20). The van der Waals surface area contributed by atoms with E-state index in [1.54, 1.807) is 36.1 Å². The van der Waals surface area contributed by atoms with Gasteiger partial charge in [0, 0.05) is 33.1 Å². The van der Waals surface area contributed by atoms with E-state index in [-0.39, 0.29) is 29.8 Å². The molecule has 1 aliphatic heterocycles. The van der Waals surface area contributed by atoms with Crippen molar-refractivity contribution in [2.45, 2.75) is 31.7 Å². The molecule has 1 saturated heterocycles. The summed E-state index contributed by atoms with van der Waals surface area (Å²) in [6, 6.07) is 6.12. The number of aryl methyl sites for hydroxylation is 1. The van der Waals surface area contributed by atoms with Gasteiger partial charge in [-0.25, -0.2) is 8.42 Å². The summed E-state index contributed by atoms with van der Waals surface area (Å²) in [5, 5.41) is 2.55. The molecule has 1 aromatic rings. The monoisotopic (exact) mass is 353 g/mol. The summed E-state index contributed by atoms with van der Waals surface area (Å²) in [7, 11) is -3.54. The van der Waals surface area contributed by atoms with E-state index in [0.717, 1.165) is 5.56 Å². The van der Waals surface area contributed by atoms with Crippen molar-refractivity contribution in [3.05, 3.63) is 29.8 Å². The van der Waals surface area contributed by atoms with Gasteiger partial charge in [-0.2, -0.15) is 4.31 Å². The molecule has 0 aromatic heterocycles. The highest BCUT2D eigenvalue weighted by atomic mass is 32.2. The van der Waals surface area contributed by atoms with Gasteiger partial charge in [-0.05, 0) is 26.0 Å². The molecule has 0 saturated carbocycles. The van der Waals surface area contributed by atoms with Crippen molar-refractivity contribution in [3.63, 3.8) is 0 Å². The molecule has 1 aliphatic rings. The minimum absolute atomic E-state index is 0.197. The van der Waals surface area contributed by atoms with Crippen LogP contribution in [-0.4, -0.2) is 61.7 Å². The molecule has 8 heteroatoms. The van der Waals surface area contributed by atoms with Crippen molar-refractivity contribution in [3.8, 4) is 0 Å². The number of hydrogen-bond donors (Lipinski definition) is 1. The Kier molecular flexibility index (Phi) is 5.61. The first kappa shape index (κ1) is 18.4. The zero-order chi connectivity index (χ0) is 17.9. The van der Waals surface area contributed by atoms with E-state index < -0.39 is 16.1 Å². The van der Waals surface area contributed by atoms with Crippen LogP contribution in [-0.2, 0) is 19.6 Å². The van der Waals surface area contributed by atoms with Crippen LogP contribution < -0.4 is 5.32 Å². The van der Waals surface area contributed by atoms with Crippen molar-refractivity contribution in [2.75, 3.05) is 26.2 Å². The first-order valence-electron chi connectivity index (χ1n) is 7.84. The molecule has 0 bridgehead atoms. The summed E-state index contributed by atoms with van der Waals surface area (Å²) in [6.45, 7) is 6.00. The number of amides is 2. The Labute approximate surface area is 142 Å². The van der Waals surface area contributed by atoms with Gasteiger partial charge in [0.15, 0.2) is 0 Å². The number of sulfonamides is 1. The summed E-state index contributed by atoms with van der Waals surface area (Å²) >= 11 is 0. The van der Waals surface area contributed by atoms with Crippen molar-refractivity contribution in [1.29, 1.82) is 0 Å². The van der Waals surface area contributed by atoms with Gasteiger partial charge in [0.25, 0.3) is 0 Å². The molecule has 24 heavy (non-hydrogen) atoms. The predicted molar refractivity (Wildman–Crippen MR) is 89.8 cm³/mol. The smallest absolute Gasteiger partial charge is 0.244 e. The molecular formula is C16H23N3O4S. The quantitative estimate of drug-likeness (QED) is 0.846. The minimum atomic E-state index is -3.54. The molecule has 1 heterocycles. The number of carbonyl (C=O) groups is 2. The van der Waals surface area contributed by atoms with Gasteiger partial charge >= 0.3 is 0 Å². The zero-order valence-electron chi connectivity index (χ0n) is 14.2. The van der Waals surface area contributed by atoms with Gasteiger partial charge in [-0.1, -0.05) is 17.7 Å². The van der Waals surface area contributed by atoms with Crippen LogP contribution in [0.15, 0.2) is 29.2 Å². The molecule has 1 fully saturated rings. The van der Waals surface area contributed by atoms with E-state index in [1.807, 2.05) is 6.92 Å². The lowest BCUT2D eigenvalue weighted by Gasteiger charge is -2.35. The molecule has 1 unspecified atom stereocenters. The van der Waals surface area contributed by atoms with E-state index in [0.29, 0.717) is 13.1 Å². The largest absolute Gasteiger partial charge is 0.345 e. The predicted octanol–water partition coefficient (Wildman–Crippen LogP) is 0.353. The van der Waals surface area contributed by atoms with Crippen LogP contribution >= 0.6 is 0 Å². The molecule has 0 aliphatic carbocycles. The first-order chi connectivity index (χ1) is 11.2. The fraction of sp³-hybridized carbons (Fsp3) is 0.500. The second-order valence-electron chi connectivity index (χ2n) is 5.96. The fourth-order valence-electron chi connectivity index (χ4n) is 2.65. The van der Waals surface area contributed by atoms with Crippen molar-refractivity contribution in [2.24, 2.45) is 0 Å². The highest BCUT2D eigenvalue weighted by Gasteiger charge is 2.31. The molecule has 0 spiro atoms. The van der Waals surface area contributed by atoms with Gasteiger partial charge in [-0.3, -0.25) is 9.59 Å². The highest BCUT2D eigenvalue weighted by molar-refractivity contribution is 7.89. The third-order valence-electron chi connectivity index (χ3n) is 4.00. The van der Waals surface area contributed by atoms with E-state index >= 15 is 0 Å². The zero-order valence-corrected chi connectivity index (χ0v) is 15.0. The van der Waals surface area contributed by atoms with Crippen LogP contribution in [0.2, 0.25) is 0 Å². The van der Waals surface area contributed by atoms with E-state index in [4.69, 9.17) is 0 Å². The molecule has 132 valence electrons. The van der Waals surface area contributed by atoms with Gasteiger partial charge in [0.2, 0.25) is 21.8 Å².